The van der Waals surface area contributed by atoms with Crippen molar-refractivity contribution in [2.75, 3.05) is 11.9 Å². The first kappa shape index (κ1) is 20.9. The summed E-state index contributed by atoms with van der Waals surface area (Å²) in [5, 5.41) is 3.32. The van der Waals surface area contributed by atoms with Gasteiger partial charge < -0.3 is 10.1 Å². The molecule has 0 radical (unpaired) electrons. The average molecular weight is 424 g/mol. The van der Waals surface area contributed by atoms with Gasteiger partial charge in [-0.15, -0.1) is 0 Å². The van der Waals surface area contributed by atoms with Crippen LogP contribution in [-0.2, 0) is 9.53 Å². The predicted octanol–water partition coefficient (Wildman–Crippen LogP) is 4.57. The van der Waals surface area contributed by atoms with E-state index in [1.165, 1.54) is 0 Å². The number of rotatable bonds is 6. The smallest absolute Gasteiger partial charge is 0.339 e. The lowest BCUT2D eigenvalue weighted by atomic mass is 10.0. The Hall–Kier alpha value is -4.32. The summed E-state index contributed by atoms with van der Waals surface area (Å²) in [6.07, 6.45) is 0. The summed E-state index contributed by atoms with van der Waals surface area (Å²) in [4.78, 5) is 42.3. The predicted molar refractivity (Wildman–Crippen MR) is 122 cm³/mol. The Balaban J connectivity index is 1.47. The molecular weight excluding hydrogens is 404 g/mol. The Bertz CT molecular complexity index is 1320. The SMILES string of the molecule is Cc1cc(C(=O)OCC(=O)Nc2ccccc2C(=O)c2ccccc2)c2ccccc2n1. The lowest BCUT2D eigenvalue weighted by Gasteiger charge is -2.11. The van der Waals surface area contributed by atoms with E-state index in [9.17, 15) is 14.4 Å². The van der Waals surface area contributed by atoms with Gasteiger partial charge in [0.15, 0.2) is 12.4 Å². The molecule has 3 aromatic carbocycles. The van der Waals surface area contributed by atoms with E-state index in [-0.39, 0.29) is 5.78 Å². The monoisotopic (exact) mass is 424 g/mol. The molecule has 1 N–H and O–H groups in total. The van der Waals surface area contributed by atoms with Crippen LogP contribution >= 0.6 is 0 Å². The number of nitrogens with one attached hydrogen (secondary N) is 1. The number of benzene rings is 3. The van der Waals surface area contributed by atoms with Gasteiger partial charge in [0, 0.05) is 22.2 Å². The number of nitrogens with zero attached hydrogens (tertiary/aromatic N) is 1. The third-order valence-electron chi connectivity index (χ3n) is 4.88. The fraction of sp³-hybridized carbons (Fsp3) is 0.0769. The van der Waals surface area contributed by atoms with Gasteiger partial charge >= 0.3 is 5.97 Å². The minimum atomic E-state index is -0.615. The first-order valence-electron chi connectivity index (χ1n) is 10.0. The van der Waals surface area contributed by atoms with E-state index in [0.717, 1.165) is 0 Å². The molecule has 0 atom stereocenters. The summed E-state index contributed by atoms with van der Waals surface area (Å²) in [5.41, 5.74) is 2.92. The fourth-order valence-electron chi connectivity index (χ4n) is 3.41. The number of aryl methyl sites for hydroxylation is 1. The molecule has 1 amide bonds. The molecule has 4 rings (SSSR count). The van der Waals surface area contributed by atoms with E-state index in [0.29, 0.717) is 39.0 Å². The molecule has 6 nitrogen and oxygen atoms in total. The lowest BCUT2D eigenvalue weighted by molar-refractivity contribution is -0.119. The number of hydrogen-bond acceptors (Lipinski definition) is 5. The van der Waals surface area contributed by atoms with Crippen molar-refractivity contribution in [3.8, 4) is 0 Å². The lowest BCUT2D eigenvalue weighted by Crippen LogP contribution is -2.22. The maximum Gasteiger partial charge on any atom is 0.339 e. The molecule has 0 saturated carbocycles. The normalized spacial score (nSPS) is 10.5. The number of esters is 1. The summed E-state index contributed by atoms with van der Waals surface area (Å²) in [7, 11) is 0. The molecule has 0 aliphatic rings. The summed E-state index contributed by atoms with van der Waals surface area (Å²) in [6, 6.07) is 24.4. The molecule has 1 aromatic heterocycles. The molecule has 0 aliphatic heterocycles. The number of pyridine rings is 1. The molecule has 1 heterocycles. The van der Waals surface area contributed by atoms with Crippen LogP contribution in [0.4, 0.5) is 5.69 Å². The Morgan fingerprint density at radius 3 is 2.34 bits per heavy atom. The molecule has 0 saturated heterocycles. The van der Waals surface area contributed by atoms with Crippen LogP contribution in [0.25, 0.3) is 10.9 Å². The van der Waals surface area contributed by atoms with Gasteiger partial charge in [-0.3, -0.25) is 14.6 Å². The maximum absolute atomic E-state index is 12.8. The minimum Gasteiger partial charge on any atom is -0.452 e. The van der Waals surface area contributed by atoms with Crippen LogP contribution < -0.4 is 5.32 Å². The van der Waals surface area contributed by atoms with Crippen molar-refractivity contribution >= 4 is 34.3 Å². The fourth-order valence-corrected chi connectivity index (χ4v) is 3.41. The largest absolute Gasteiger partial charge is 0.452 e. The molecule has 0 spiro atoms. The summed E-state index contributed by atoms with van der Waals surface area (Å²) >= 11 is 0. The van der Waals surface area contributed by atoms with Crippen molar-refractivity contribution in [3.63, 3.8) is 0 Å². The average Bonchev–Trinajstić information content (AvgIpc) is 2.82. The van der Waals surface area contributed by atoms with Gasteiger partial charge in [-0.2, -0.15) is 0 Å². The van der Waals surface area contributed by atoms with E-state index in [4.69, 9.17) is 4.74 Å². The maximum atomic E-state index is 12.8. The number of carbonyl (C=O) groups is 3. The van der Waals surface area contributed by atoms with E-state index in [1.807, 2.05) is 24.3 Å². The van der Waals surface area contributed by atoms with E-state index in [2.05, 4.69) is 10.3 Å². The van der Waals surface area contributed by atoms with Gasteiger partial charge in [-0.1, -0.05) is 60.7 Å². The highest BCUT2D eigenvalue weighted by Crippen LogP contribution is 2.21. The molecule has 32 heavy (non-hydrogen) atoms. The van der Waals surface area contributed by atoms with Crippen molar-refractivity contribution < 1.29 is 19.1 Å². The third kappa shape index (κ3) is 4.54. The Kier molecular flexibility index (Phi) is 6.03. The zero-order valence-corrected chi connectivity index (χ0v) is 17.4. The second-order valence-electron chi connectivity index (χ2n) is 7.19. The third-order valence-corrected chi connectivity index (χ3v) is 4.88. The second kappa shape index (κ2) is 9.22. The number of amides is 1. The summed E-state index contributed by atoms with van der Waals surface area (Å²) in [5.74, 6) is -1.37. The molecular formula is C26H20N2O4. The van der Waals surface area contributed by atoms with Crippen molar-refractivity contribution in [2.45, 2.75) is 6.92 Å². The quantitative estimate of drug-likeness (QED) is 0.362. The number of hydrogen-bond donors (Lipinski definition) is 1. The molecule has 158 valence electrons. The number of para-hydroxylation sites is 2. The highest BCUT2D eigenvalue weighted by atomic mass is 16.5. The van der Waals surface area contributed by atoms with Crippen molar-refractivity contribution in [1.29, 1.82) is 0 Å². The molecule has 4 aromatic rings. The second-order valence-corrected chi connectivity index (χ2v) is 7.19. The van der Waals surface area contributed by atoms with Crippen molar-refractivity contribution in [2.24, 2.45) is 0 Å². The first-order valence-corrected chi connectivity index (χ1v) is 10.0. The van der Waals surface area contributed by atoms with E-state index >= 15 is 0 Å². The number of anilines is 1. The van der Waals surface area contributed by atoms with Crippen LogP contribution in [0.3, 0.4) is 0 Å². The number of aromatic nitrogens is 1. The standard InChI is InChI=1S/C26H20N2O4/c1-17-15-21(19-11-5-7-13-22(19)27-17)26(31)32-16-24(29)28-23-14-8-6-12-20(23)25(30)18-9-3-2-4-10-18/h2-15H,16H2,1H3,(H,28,29). The molecule has 0 bridgehead atoms. The zero-order valence-electron chi connectivity index (χ0n) is 17.4. The first-order chi connectivity index (χ1) is 15.5. The number of carbonyl (C=O) groups excluding carboxylic acids is 3. The van der Waals surface area contributed by atoms with Gasteiger partial charge in [0.05, 0.1) is 16.8 Å². The molecule has 6 heteroatoms. The summed E-state index contributed by atoms with van der Waals surface area (Å²) in [6.45, 7) is 1.30. The highest BCUT2D eigenvalue weighted by molar-refractivity contribution is 6.14. The van der Waals surface area contributed by atoms with Crippen molar-refractivity contribution in [3.05, 3.63) is 107 Å². The van der Waals surface area contributed by atoms with Crippen LogP contribution in [0.5, 0.6) is 0 Å². The number of ether oxygens (including phenoxy) is 1. The Morgan fingerprint density at radius 2 is 1.53 bits per heavy atom. The molecule has 0 fully saturated rings. The van der Waals surface area contributed by atoms with Gasteiger partial charge in [0.25, 0.3) is 5.91 Å². The van der Waals surface area contributed by atoms with Gasteiger partial charge in [-0.25, -0.2) is 4.79 Å². The number of ketones is 1. The van der Waals surface area contributed by atoms with Gasteiger partial charge in [-0.05, 0) is 31.2 Å². The molecule has 0 unspecified atom stereocenters. The van der Waals surface area contributed by atoms with Gasteiger partial charge in [0.1, 0.15) is 0 Å². The Morgan fingerprint density at radius 1 is 0.844 bits per heavy atom. The van der Waals surface area contributed by atoms with E-state index < -0.39 is 18.5 Å². The number of fused-ring (bicyclic) bond motifs is 1. The van der Waals surface area contributed by atoms with Crippen LogP contribution in [0.2, 0.25) is 0 Å². The zero-order chi connectivity index (χ0) is 22.5. The topological polar surface area (TPSA) is 85.4 Å². The van der Waals surface area contributed by atoms with E-state index in [1.54, 1.807) is 67.6 Å². The van der Waals surface area contributed by atoms with Gasteiger partial charge in [0.2, 0.25) is 0 Å². The van der Waals surface area contributed by atoms with Crippen molar-refractivity contribution in [1.82, 2.24) is 4.98 Å². The van der Waals surface area contributed by atoms with Crippen LogP contribution in [-0.4, -0.2) is 29.3 Å². The van der Waals surface area contributed by atoms with Crippen LogP contribution in [0, 0.1) is 6.92 Å². The Labute approximate surface area is 184 Å². The molecule has 0 aliphatic carbocycles. The highest BCUT2D eigenvalue weighted by Gasteiger charge is 2.17. The summed E-state index contributed by atoms with van der Waals surface area (Å²) < 4.78 is 5.25. The van der Waals surface area contributed by atoms with Crippen LogP contribution in [0.1, 0.15) is 32.0 Å². The minimum absolute atomic E-state index is 0.211. The van der Waals surface area contributed by atoms with Crippen LogP contribution in [0.15, 0.2) is 84.9 Å².